The van der Waals surface area contributed by atoms with Crippen molar-refractivity contribution in [3.05, 3.63) is 104 Å². The Labute approximate surface area is 193 Å². The maximum Gasteiger partial charge on any atom is 0.211 e. The molecule has 156 valence electrons. The van der Waals surface area contributed by atoms with Gasteiger partial charge in [0.25, 0.3) is 0 Å². The summed E-state index contributed by atoms with van der Waals surface area (Å²) in [6.07, 6.45) is 1.84. The molecule has 0 aliphatic rings. The van der Waals surface area contributed by atoms with E-state index in [-0.39, 0.29) is 5.82 Å². The molecule has 0 saturated carbocycles. The topological polar surface area (TPSA) is 29.6 Å². The summed E-state index contributed by atoms with van der Waals surface area (Å²) in [5, 5.41) is 6.78. The van der Waals surface area contributed by atoms with Gasteiger partial charge in [-0.25, -0.2) is 14.1 Å². The molecule has 4 rings (SSSR count). The van der Waals surface area contributed by atoms with E-state index < -0.39 is 0 Å². The Bertz CT molecular complexity index is 1270. The van der Waals surface area contributed by atoms with Crippen LogP contribution in [0.3, 0.4) is 0 Å². The van der Waals surface area contributed by atoms with Crippen molar-refractivity contribution in [1.82, 2.24) is 4.68 Å². The van der Waals surface area contributed by atoms with Crippen LogP contribution in [0.4, 0.5) is 10.1 Å². The summed E-state index contributed by atoms with van der Waals surface area (Å²) in [5.74, 6) is 0.206. The number of halogens is 2. The van der Waals surface area contributed by atoms with E-state index in [1.807, 2.05) is 40.5 Å². The largest absolute Gasteiger partial charge is 0.220 e. The first-order chi connectivity index (χ1) is 15.0. The van der Waals surface area contributed by atoms with Crippen LogP contribution in [0.15, 0.2) is 92.7 Å². The van der Waals surface area contributed by atoms with Crippen molar-refractivity contribution in [2.24, 2.45) is 10.1 Å². The van der Waals surface area contributed by atoms with Gasteiger partial charge in [0.2, 0.25) is 4.80 Å². The highest BCUT2D eigenvalue weighted by Crippen LogP contribution is 2.24. The Morgan fingerprint density at radius 1 is 1.00 bits per heavy atom. The molecule has 3 nitrogen and oxygen atoms in total. The summed E-state index contributed by atoms with van der Waals surface area (Å²) in [4.78, 5) is 5.39. The van der Waals surface area contributed by atoms with E-state index in [4.69, 9.17) is 5.10 Å². The normalized spacial score (nSPS) is 12.2. The number of rotatable bonds is 5. The Balaban J connectivity index is 1.79. The maximum absolute atomic E-state index is 13.3. The van der Waals surface area contributed by atoms with E-state index in [0.29, 0.717) is 16.4 Å². The van der Waals surface area contributed by atoms with Crippen LogP contribution in [0, 0.1) is 5.82 Å². The summed E-state index contributed by atoms with van der Waals surface area (Å²) in [5.41, 5.74) is 4.94. The lowest BCUT2D eigenvalue weighted by Gasteiger charge is -2.06. The minimum atomic E-state index is -0.282. The third-order valence-electron chi connectivity index (χ3n) is 4.78. The smallest absolute Gasteiger partial charge is 0.211 e. The fraction of sp³-hybridized carbons (Fsp3) is 0.120. The van der Waals surface area contributed by atoms with Crippen molar-refractivity contribution in [3.8, 4) is 11.3 Å². The van der Waals surface area contributed by atoms with E-state index in [0.717, 1.165) is 21.3 Å². The van der Waals surface area contributed by atoms with Crippen LogP contribution >= 0.6 is 27.3 Å². The molecule has 3 aromatic carbocycles. The second-order valence-electron chi connectivity index (χ2n) is 7.38. The summed E-state index contributed by atoms with van der Waals surface area (Å²) >= 11 is 5.03. The number of hydrogen-bond acceptors (Lipinski definition) is 3. The zero-order chi connectivity index (χ0) is 21.8. The van der Waals surface area contributed by atoms with E-state index in [1.54, 1.807) is 12.1 Å². The molecular formula is C25H21BrFN3S. The molecule has 1 heterocycles. The zero-order valence-corrected chi connectivity index (χ0v) is 19.6. The van der Waals surface area contributed by atoms with Crippen molar-refractivity contribution in [2.45, 2.75) is 19.8 Å². The molecular weight excluding hydrogens is 473 g/mol. The van der Waals surface area contributed by atoms with Crippen LogP contribution in [0.25, 0.3) is 11.3 Å². The van der Waals surface area contributed by atoms with Crippen LogP contribution in [0.5, 0.6) is 0 Å². The number of benzene rings is 3. The summed E-state index contributed by atoms with van der Waals surface area (Å²) in [7, 11) is 0. The SMILES string of the molecule is CC(C)c1ccc(/C=N\n2c(-c3cccc(Br)c3)csc2=Nc2ccc(F)cc2)cc1. The van der Waals surface area contributed by atoms with Crippen LogP contribution in [-0.2, 0) is 0 Å². The van der Waals surface area contributed by atoms with Crippen molar-refractivity contribution in [2.75, 3.05) is 0 Å². The highest BCUT2D eigenvalue weighted by atomic mass is 79.9. The van der Waals surface area contributed by atoms with Gasteiger partial charge >= 0.3 is 0 Å². The molecule has 0 bridgehead atoms. The summed E-state index contributed by atoms with van der Waals surface area (Å²) in [6.45, 7) is 4.36. The van der Waals surface area contributed by atoms with Gasteiger partial charge in [-0.2, -0.15) is 5.10 Å². The van der Waals surface area contributed by atoms with Gasteiger partial charge in [0.1, 0.15) is 5.82 Å². The Hall–Kier alpha value is -2.83. The Morgan fingerprint density at radius 2 is 1.74 bits per heavy atom. The van der Waals surface area contributed by atoms with Crippen LogP contribution in [0.1, 0.15) is 30.9 Å². The van der Waals surface area contributed by atoms with E-state index in [2.05, 4.69) is 59.0 Å². The quantitative estimate of drug-likeness (QED) is 0.260. The molecule has 0 fully saturated rings. The van der Waals surface area contributed by atoms with Crippen molar-refractivity contribution >= 4 is 39.2 Å². The van der Waals surface area contributed by atoms with E-state index in [1.165, 1.54) is 29.0 Å². The van der Waals surface area contributed by atoms with E-state index in [9.17, 15) is 4.39 Å². The predicted octanol–water partition coefficient (Wildman–Crippen LogP) is 7.36. The highest BCUT2D eigenvalue weighted by molar-refractivity contribution is 9.10. The van der Waals surface area contributed by atoms with Gasteiger partial charge < -0.3 is 0 Å². The fourth-order valence-electron chi connectivity index (χ4n) is 3.05. The van der Waals surface area contributed by atoms with Crippen molar-refractivity contribution in [3.63, 3.8) is 0 Å². The third kappa shape index (κ3) is 5.27. The standard InChI is InChI=1S/C25H21BrFN3S/c1-17(2)19-8-6-18(7-9-19)15-28-30-24(20-4-3-5-21(26)14-20)16-31-25(30)29-23-12-10-22(27)11-13-23/h3-17H,1-2H3/b28-15-,29-25?. The maximum atomic E-state index is 13.3. The van der Waals surface area contributed by atoms with Crippen molar-refractivity contribution in [1.29, 1.82) is 0 Å². The summed E-state index contributed by atoms with van der Waals surface area (Å²) < 4.78 is 16.1. The summed E-state index contributed by atoms with van der Waals surface area (Å²) in [6, 6.07) is 22.6. The number of thiazole rings is 1. The highest BCUT2D eigenvalue weighted by Gasteiger charge is 2.08. The number of hydrogen-bond donors (Lipinski definition) is 0. The first-order valence-corrected chi connectivity index (χ1v) is 11.6. The molecule has 0 saturated heterocycles. The van der Waals surface area contributed by atoms with Crippen LogP contribution < -0.4 is 4.80 Å². The molecule has 0 amide bonds. The number of aromatic nitrogens is 1. The molecule has 0 aliphatic carbocycles. The minimum absolute atomic E-state index is 0.282. The molecule has 31 heavy (non-hydrogen) atoms. The van der Waals surface area contributed by atoms with Gasteiger partial charge in [-0.3, -0.25) is 0 Å². The van der Waals surface area contributed by atoms with Crippen LogP contribution in [-0.4, -0.2) is 10.9 Å². The van der Waals surface area contributed by atoms with E-state index >= 15 is 0 Å². The van der Waals surface area contributed by atoms with Gasteiger partial charge in [0.05, 0.1) is 17.6 Å². The lowest BCUT2D eigenvalue weighted by Crippen LogP contribution is -2.11. The van der Waals surface area contributed by atoms with Gasteiger partial charge in [-0.15, -0.1) is 11.3 Å². The Kier molecular flexibility index (Phi) is 6.59. The second-order valence-corrected chi connectivity index (χ2v) is 9.13. The molecule has 4 aromatic rings. The van der Waals surface area contributed by atoms with Gasteiger partial charge in [-0.05, 0) is 53.4 Å². The average Bonchev–Trinajstić information content (AvgIpc) is 3.16. The molecule has 0 aliphatic heterocycles. The van der Waals surface area contributed by atoms with Gasteiger partial charge in [0, 0.05) is 15.4 Å². The van der Waals surface area contributed by atoms with Gasteiger partial charge in [-0.1, -0.05) is 66.2 Å². The minimum Gasteiger partial charge on any atom is -0.220 e. The third-order valence-corrected chi connectivity index (χ3v) is 6.09. The lowest BCUT2D eigenvalue weighted by molar-refractivity contribution is 0.628. The Morgan fingerprint density at radius 3 is 2.42 bits per heavy atom. The molecule has 6 heteroatoms. The first kappa shape index (κ1) is 21.4. The molecule has 0 spiro atoms. The molecule has 0 atom stereocenters. The monoisotopic (exact) mass is 493 g/mol. The lowest BCUT2D eigenvalue weighted by atomic mass is 10.0. The molecule has 0 N–H and O–H groups in total. The number of nitrogens with zero attached hydrogens (tertiary/aromatic N) is 3. The van der Waals surface area contributed by atoms with Crippen LogP contribution in [0.2, 0.25) is 0 Å². The van der Waals surface area contributed by atoms with Crippen molar-refractivity contribution < 1.29 is 4.39 Å². The molecule has 0 radical (unpaired) electrons. The second kappa shape index (κ2) is 9.54. The zero-order valence-electron chi connectivity index (χ0n) is 17.2. The predicted molar refractivity (Wildman–Crippen MR) is 131 cm³/mol. The first-order valence-electron chi connectivity index (χ1n) is 9.91. The molecule has 1 aromatic heterocycles. The van der Waals surface area contributed by atoms with Gasteiger partial charge in [0.15, 0.2) is 0 Å². The fourth-order valence-corrected chi connectivity index (χ4v) is 4.31. The average molecular weight is 494 g/mol. The molecule has 0 unspecified atom stereocenters.